The van der Waals surface area contributed by atoms with E-state index >= 15 is 0 Å². The number of fused-ring (bicyclic) bond motifs is 5. The van der Waals surface area contributed by atoms with Gasteiger partial charge in [0.2, 0.25) is 0 Å². The maximum atomic E-state index is 6.27. The molecule has 0 saturated heterocycles. The first-order chi connectivity index (χ1) is 25.3. The Morgan fingerprint density at radius 2 is 0.863 bits per heavy atom. The number of aromatic nitrogens is 3. The lowest BCUT2D eigenvalue weighted by molar-refractivity contribution is 0.669. The van der Waals surface area contributed by atoms with Crippen LogP contribution >= 0.6 is 0 Å². The Morgan fingerprint density at radius 1 is 0.314 bits per heavy atom. The van der Waals surface area contributed by atoms with E-state index in [-0.39, 0.29) is 0 Å². The number of hydrogen-bond donors (Lipinski definition) is 0. The van der Waals surface area contributed by atoms with Gasteiger partial charge in [-0.3, -0.25) is 0 Å². The molecule has 0 amide bonds. The third-order valence-electron chi connectivity index (χ3n) is 9.73. The topological polar surface area (TPSA) is 51.8 Å². The first-order valence-electron chi connectivity index (χ1n) is 17.1. The second kappa shape index (κ2) is 11.9. The summed E-state index contributed by atoms with van der Waals surface area (Å²) in [6.45, 7) is 0. The lowest BCUT2D eigenvalue weighted by Crippen LogP contribution is -2.00. The fraction of sp³-hybridized carbons (Fsp3) is 0. The molecule has 0 radical (unpaired) electrons. The standard InChI is InChI=1S/C47H29N3O/c1-2-12-30(13-3-1)33-17-8-18-34(28-33)45-48-46(50-47(49-45)40-23-11-25-43-44(40)39-20-6-7-24-42(39)51-43)35-27-26-32-16-10-22-38(41(32)29-35)37-21-9-15-31-14-4-5-19-36(31)37/h1-29H. The van der Waals surface area contributed by atoms with Crippen molar-refractivity contribution in [3.8, 4) is 56.4 Å². The summed E-state index contributed by atoms with van der Waals surface area (Å²) in [5, 5.41) is 6.76. The van der Waals surface area contributed by atoms with E-state index in [2.05, 4.69) is 140 Å². The van der Waals surface area contributed by atoms with Crippen LogP contribution in [0.25, 0.3) is 99.9 Å². The van der Waals surface area contributed by atoms with Gasteiger partial charge in [-0.15, -0.1) is 0 Å². The number of furan rings is 1. The molecule has 238 valence electrons. The number of rotatable bonds is 5. The van der Waals surface area contributed by atoms with Gasteiger partial charge in [-0.2, -0.15) is 0 Å². The zero-order chi connectivity index (χ0) is 33.7. The van der Waals surface area contributed by atoms with Crippen molar-refractivity contribution in [3.05, 3.63) is 176 Å². The summed E-state index contributed by atoms with van der Waals surface area (Å²) in [6, 6.07) is 61.1. The Balaban J connectivity index is 1.21. The minimum Gasteiger partial charge on any atom is -0.456 e. The number of para-hydroxylation sites is 1. The molecule has 0 aliphatic heterocycles. The maximum absolute atomic E-state index is 6.27. The second-order valence-corrected chi connectivity index (χ2v) is 12.8. The molecule has 10 rings (SSSR count). The zero-order valence-electron chi connectivity index (χ0n) is 27.5. The summed E-state index contributed by atoms with van der Waals surface area (Å²) in [4.78, 5) is 15.6. The molecule has 0 atom stereocenters. The number of nitrogens with zero attached hydrogens (tertiary/aromatic N) is 3. The molecule has 51 heavy (non-hydrogen) atoms. The van der Waals surface area contributed by atoms with Gasteiger partial charge in [0.1, 0.15) is 11.2 Å². The molecule has 0 spiro atoms. The van der Waals surface area contributed by atoms with Crippen LogP contribution in [0.2, 0.25) is 0 Å². The van der Waals surface area contributed by atoms with Crippen LogP contribution in [0, 0.1) is 0 Å². The molecule has 0 unspecified atom stereocenters. The summed E-state index contributed by atoms with van der Waals surface area (Å²) in [6.07, 6.45) is 0. The van der Waals surface area contributed by atoms with Crippen molar-refractivity contribution in [1.82, 2.24) is 15.0 Å². The third-order valence-corrected chi connectivity index (χ3v) is 9.73. The molecule has 0 aliphatic carbocycles. The highest BCUT2D eigenvalue weighted by atomic mass is 16.3. The van der Waals surface area contributed by atoms with Crippen molar-refractivity contribution < 1.29 is 4.42 Å². The van der Waals surface area contributed by atoms with Gasteiger partial charge in [-0.1, -0.05) is 152 Å². The maximum Gasteiger partial charge on any atom is 0.164 e. The van der Waals surface area contributed by atoms with Gasteiger partial charge >= 0.3 is 0 Å². The first kappa shape index (κ1) is 29.0. The van der Waals surface area contributed by atoms with Gasteiger partial charge in [-0.25, -0.2) is 15.0 Å². The molecule has 0 saturated carbocycles. The smallest absolute Gasteiger partial charge is 0.164 e. The summed E-state index contributed by atoms with van der Waals surface area (Å²) >= 11 is 0. The molecule has 0 bridgehead atoms. The van der Waals surface area contributed by atoms with E-state index in [0.717, 1.165) is 60.5 Å². The van der Waals surface area contributed by atoms with Crippen LogP contribution in [0.5, 0.6) is 0 Å². The Labute approximate surface area is 294 Å². The van der Waals surface area contributed by atoms with E-state index in [9.17, 15) is 0 Å². The first-order valence-corrected chi connectivity index (χ1v) is 17.1. The van der Waals surface area contributed by atoms with Crippen LogP contribution in [0.3, 0.4) is 0 Å². The Bertz CT molecular complexity index is 2920. The Hall–Kier alpha value is -6.91. The second-order valence-electron chi connectivity index (χ2n) is 12.8. The fourth-order valence-electron chi connectivity index (χ4n) is 7.29. The SMILES string of the molecule is c1ccc(-c2cccc(-c3nc(-c4ccc5cccc(-c6cccc7ccccc67)c5c4)nc(-c4cccc5oc6ccccc6c45)n3)c2)cc1. The van der Waals surface area contributed by atoms with Crippen LogP contribution in [0.1, 0.15) is 0 Å². The van der Waals surface area contributed by atoms with Gasteiger partial charge in [0.25, 0.3) is 0 Å². The molecule has 0 aliphatic rings. The number of hydrogen-bond acceptors (Lipinski definition) is 4. The van der Waals surface area contributed by atoms with Crippen molar-refractivity contribution in [2.24, 2.45) is 0 Å². The van der Waals surface area contributed by atoms with Gasteiger partial charge in [0, 0.05) is 27.5 Å². The molecule has 2 heterocycles. The van der Waals surface area contributed by atoms with Crippen molar-refractivity contribution in [1.29, 1.82) is 0 Å². The van der Waals surface area contributed by atoms with Crippen LogP contribution < -0.4 is 0 Å². The zero-order valence-corrected chi connectivity index (χ0v) is 27.5. The van der Waals surface area contributed by atoms with E-state index in [1.165, 1.54) is 21.9 Å². The highest BCUT2D eigenvalue weighted by Crippen LogP contribution is 2.38. The minimum absolute atomic E-state index is 0.597. The summed E-state index contributed by atoms with van der Waals surface area (Å²) < 4.78 is 6.27. The Morgan fingerprint density at radius 3 is 1.71 bits per heavy atom. The molecule has 4 nitrogen and oxygen atoms in total. The van der Waals surface area contributed by atoms with E-state index in [4.69, 9.17) is 19.4 Å². The lowest BCUT2D eigenvalue weighted by atomic mass is 9.93. The molecule has 0 fully saturated rings. The predicted molar refractivity (Wildman–Crippen MR) is 209 cm³/mol. The van der Waals surface area contributed by atoms with Crippen molar-refractivity contribution in [2.75, 3.05) is 0 Å². The normalized spacial score (nSPS) is 11.5. The summed E-state index contributed by atoms with van der Waals surface area (Å²) in [7, 11) is 0. The third kappa shape index (κ3) is 5.04. The lowest BCUT2D eigenvalue weighted by Gasteiger charge is -2.13. The molecule has 0 N–H and O–H groups in total. The van der Waals surface area contributed by atoms with E-state index in [1.54, 1.807) is 0 Å². The van der Waals surface area contributed by atoms with Crippen molar-refractivity contribution in [2.45, 2.75) is 0 Å². The highest BCUT2D eigenvalue weighted by Gasteiger charge is 2.19. The fourth-order valence-corrected chi connectivity index (χ4v) is 7.29. The molecular weight excluding hydrogens is 623 g/mol. The van der Waals surface area contributed by atoms with Gasteiger partial charge in [0.15, 0.2) is 17.5 Å². The van der Waals surface area contributed by atoms with Crippen molar-refractivity contribution in [3.63, 3.8) is 0 Å². The quantitative estimate of drug-likeness (QED) is 0.186. The largest absolute Gasteiger partial charge is 0.456 e. The molecule has 10 aromatic rings. The average Bonchev–Trinajstić information content (AvgIpc) is 3.59. The van der Waals surface area contributed by atoms with Crippen LogP contribution in [0.4, 0.5) is 0 Å². The van der Waals surface area contributed by atoms with Crippen LogP contribution in [0.15, 0.2) is 180 Å². The molecule has 2 aromatic heterocycles. The average molecular weight is 652 g/mol. The van der Waals surface area contributed by atoms with Crippen molar-refractivity contribution >= 4 is 43.5 Å². The molecular formula is C47H29N3O. The summed E-state index contributed by atoms with van der Waals surface area (Å²) in [5.41, 5.74) is 8.98. The predicted octanol–water partition coefficient (Wildman–Crippen LogP) is 12.4. The van der Waals surface area contributed by atoms with E-state index < -0.39 is 0 Å². The van der Waals surface area contributed by atoms with Crippen LogP contribution in [-0.2, 0) is 0 Å². The van der Waals surface area contributed by atoms with Gasteiger partial charge in [-0.05, 0) is 68.1 Å². The van der Waals surface area contributed by atoms with Crippen LogP contribution in [-0.4, -0.2) is 15.0 Å². The monoisotopic (exact) mass is 651 g/mol. The minimum atomic E-state index is 0.597. The van der Waals surface area contributed by atoms with E-state index in [0.29, 0.717) is 17.5 Å². The molecule has 4 heteroatoms. The molecule has 8 aromatic carbocycles. The summed E-state index contributed by atoms with van der Waals surface area (Å²) in [5.74, 6) is 1.82. The Kier molecular flexibility index (Phi) is 6.78. The van der Waals surface area contributed by atoms with E-state index in [1.807, 2.05) is 36.4 Å². The number of benzene rings is 8. The van der Waals surface area contributed by atoms with Gasteiger partial charge < -0.3 is 4.42 Å². The highest BCUT2D eigenvalue weighted by molar-refractivity contribution is 6.12. The van der Waals surface area contributed by atoms with Gasteiger partial charge in [0.05, 0.1) is 0 Å².